The molecule has 2 aromatic heterocycles. The van der Waals surface area contributed by atoms with Crippen molar-refractivity contribution < 1.29 is 9.26 Å². The van der Waals surface area contributed by atoms with Crippen LogP contribution in [0.2, 0.25) is 0 Å². The van der Waals surface area contributed by atoms with Gasteiger partial charge in [-0.25, -0.2) is 0 Å². The molecule has 5 nitrogen and oxygen atoms in total. The fraction of sp³-hybridized carbons (Fsp3) is 0.562. The quantitative estimate of drug-likeness (QED) is 0.797. The Morgan fingerprint density at radius 1 is 1.14 bits per heavy atom. The zero-order valence-corrected chi connectivity index (χ0v) is 12.4. The Morgan fingerprint density at radius 3 is 2.57 bits per heavy atom. The van der Waals surface area contributed by atoms with Crippen LogP contribution in [0.3, 0.4) is 0 Å². The first-order chi connectivity index (χ1) is 10.3. The second-order valence-electron chi connectivity index (χ2n) is 5.58. The van der Waals surface area contributed by atoms with Crippen molar-refractivity contribution in [2.45, 2.75) is 57.7 Å². The van der Waals surface area contributed by atoms with Crippen LogP contribution in [0.25, 0.3) is 11.4 Å². The standard InChI is InChI=1S/C16H21N3O2/c1-12(20-14-6-4-2-3-5-7-14)16-18-15(19-21-16)13-8-10-17-11-9-13/h8-12,14H,2-7H2,1H3/t12-/m1/s1. The lowest BCUT2D eigenvalue weighted by Crippen LogP contribution is -2.14. The number of pyridine rings is 1. The van der Waals surface area contributed by atoms with Crippen molar-refractivity contribution in [1.29, 1.82) is 0 Å². The van der Waals surface area contributed by atoms with E-state index >= 15 is 0 Å². The van der Waals surface area contributed by atoms with E-state index in [2.05, 4.69) is 15.1 Å². The summed E-state index contributed by atoms with van der Waals surface area (Å²) in [6.45, 7) is 1.98. The molecule has 0 aromatic carbocycles. The Morgan fingerprint density at radius 2 is 1.86 bits per heavy atom. The topological polar surface area (TPSA) is 61.0 Å². The maximum Gasteiger partial charge on any atom is 0.255 e. The molecule has 2 aromatic rings. The first kappa shape index (κ1) is 14.2. The fourth-order valence-corrected chi connectivity index (χ4v) is 2.74. The summed E-state index contributed by atoms with van der Waals surface area (Å²) in [7, 11) is 0. The summed E-state index contributed by atoms with van der Waals surface area (Å²) in [5.41, 5.74) is 0.904. The minimum absolute atomic E-state index is 0.156. The van der Waals surface area contributed by atoms with Gasteiger partial charge in [0.05, 0.1) is 6.10 Å². The van der Waals surface area contributed by atoms with Gasteiger partial charge in [-0.05, 0) is 31.9 Å². The largest absolute Gasteiger partial charge is 0.365 e. The van der Waals surface area contributed by atoms with E-state index in [0.29, 0.717) is 17.8 Å². The summed E-state index contributed by atoms with van der Waals surface area (Å²) in [4.78, 5) is 8.43. The van der Waals surface area contributed by atoms with Gasteiger partial charge in [0, 0.05) is 18.0 Å². The van der Waals surface area contributed by atoms with Crippen LogP contribution >= 0.6 is 0 Å². The van der Waals surface area contributed by atoms with Crippen molar-refractivity contribution in [3.8, 4) is 11.4 Å². The number of hydrogen-bond donors (Lipinski definition) is 0. The van der Waals surface area contributed by atoms with E-state index in [9.17, 15) is 0 Å². The van der Waals surface area contributed by atoms with Crippen LogP contribution in [0.15, 0.2) is 29.0 Å². The molecular weight excluding hydrogens is 266 g/mol. The zero-order chi connectivity index (χ0) is 14.5. The van der Waals surface area contributed by atoms with Crippen LogP contribution in [0.1, 0.15) is 57.4 Å². The van der Waals surface area contributed by atoms with E-state index in [1.807, 2.05) is 19.1 Å². The number of hydrogen-bond acceptors (Lipinski definition) is 5. The molecule has 0 radical (unpaired) electrons. The molecule has 1 aliphatic rings. The van der Waals surface area contributed by atoms with E-state index in [4.69, 9.17) is 9.26 Å². The average Bonchev–Trinajstić information content (AvgIpc) is 2.88. The third kappa shape index (κ3) is 3.67. The second-order valence-corrected chi connectivity index (χ2v) is 5.58. The fourth-order valence-electron chi connectivity index (χ4n) is 2.74. The molecule has 0 amide bonds. The molecule has 0 saturated heterocycles. The monoisotopic (exact) mass is 287 g/mol. The molecule has 112 valence electrons. The maximum absolute atomic E-state index is 6.10. The van der Waals surface area contributed by atoms with E-state index in [0.717, 1.165) is 18.4 Å². The first-order valence-corrected chi connectivity index (χ1v) is 7.72. The highest BCUT2D eigenvalue weighted by atomic mass is 16.5. The highest BCUT2D eigenvalue weighted by Gasteiger charge is 2.21. The molecule has 1 fully saturated rings. The van der Waals surface area contributed by atoms with Gasteiger partial charge in [-0.15, -0.1) is 0 Å². The lowest BCUT2D eigenvalue weighted by atomic mass is 10.1. The van der Waals surface area contributed by atoms with Gasteiger partial charge in [-0.2, -0.15) is 4.98 Å². The number of rotatable bonds is 4. The molecule has 0 bridgehead atoms. The van der Waals surface area contributed by atoms with Crippen LogP contribution in [-0.4, -0.2) is 21.2 Å². The van der Waals surface area contributed by atoms with Gasteiger partial charge < -0.3 is 9.26 Å². The van der Waals surface area contributed by atoms with E-state index in [1.54, 1.807) is 12.4 Å². The minimum Gasteiger partial charge on any atom is -0.365 e. The van der Waals surface area contributed by atoms with Crippen molar-refractivity contribution in [1.82, 2.24) is 15.1 Å². The molecular formula is C16H21N3O2. The molecule has 0 unspecified atom stereocenters. The third-order valence-electron chi connectivity index (χ3n) is 3.93. The number of ether oxygens (including phenoxy) is 1. The lowest BCUT2D eigenvalue weighted by molar-refractivity contribution is -0.0259. The Labute approximate surface area is 124 Å². The van der Waals surface area contributed by atoms with Gasteiger partial charge in [-0.3, -0.25) is 4.98 Å². The smallest absolute Gasteiger partial charge is 0.255 e. The molecule has 3 rings (SSSR count). The molecule has 2 heterocycles. The van der Waals surface area contributed by atoms with Crippen molar-refractivity contribution in [3.63, 3.8) is 0 Å². The normalized spacial score (nSPS) is 18.3. The Bertz CT molecular complexity index is 548. The van der Waals surface area contributed by atoms with Gasteiger partial charge >= 0.3 is 0 Å². The molecule has 1 saturated carbocycles. The van der Waals surface area contributed by atoms with E-state index in [-0.39, 0.29) is 6.10 Å². The summed E-state index contributed by atoms with van der Waals surface area (Å²) >= 11 is 0. The highest BCUT2D eigenvalue weighted by Crippen LogP contribution is 2.26. The van der Waals surface area contributed by atoms with Crippen LogP contribution in [0.5, 0.6) is 0 Å². The van der Waals surface area contributed by atoms with Gasteiger partial charge in [-0.1, -0.05) is 30.8 Å². The lowest BCUT2D eigenvalue weighted by Gasteiger charge is -2.18. The van der Waals surface area contributed by atoms with Gasteiger partial charge in [0.2, 0.25) is 5.82 Å². The summed E-state index contributed by atoms with van der Waals surface area (Å²) in [6, 6.07) is 3.73. The van der Waals surface area contributed by atoms with Crippen molar-refractivity contribution in [2.24, 2.45) is 0 Å². The van der Waals surface area contributed by atoms with Crippen LogP contribution in [0, 0.1) is 0 Å². The minimum atomic E-state index is -0.156. The van der Waals surface area contributed by atoms with Crippen LogP contribution < -0.4 is 0 Å². The van der Waals surface area contributed by atoms with Crippen molar-refractivity contribution in [2.75, 3.05) is 0 Å². The average molecular weight is 287 g/mol. The summed E-state index contributed by atoms with van der Waals surface area (Å²) < 4.78 is 11.4. The number of aromatic nitrogens is 3. The summed E-state index contributed by atoms with van der Waals surface area (Å²) in [5, 5.41) is 4.03. The molecule has 5 heteroatoms. The number of nitrogens with zero attached hydrogens (tertiary/aromatic N) is 3. The molecule has 1 aliphatic carbocycles. The van der Waals surface area contributed by atoms with Crippen LogP contribution in [0.4, 0.5) is 0 Å². The van der Waals surface area contributed by atoms with Crippen molar-refractivity contribution >= 4 is 0 Å². The van der Waals surface area contributed by atoms with Crippen molar-refractivity contribution in [3.05, 3.63) is 30.4 Å². The predicted octanol–water partition coefficient (Wildman–Crippen LogP) is 3.93. The van der Waals surface area contributed by atoms with Gasteiger partial charge in [0.15, 0.2) is 0 Å². The Balaban J connectivity index is 1.65. The first-order valence-electron chi connectivity index (χ1n) is 7.72. The summed E-state index contributed by atoms with van der Waals surface area (Å²) in [5.74, 6) is 1.13. The Hall–Kier alpha value is -1.75. The molecule has 0 N–H and O–H groups in total. The molecule has 1 atom stereocenters. The van der Waals surface area contributed by atoms with Gasteiger partial charge in [0.25, 0.3) is 5.89 Å². The molecule has 0 aliphatic heterocycles. The molecule has 0 spiro atoms. The maximum atomic E-state index is 6.10. The van der Waals surface area contributed by atoms with E-state index in [1.165, 1.54) is 25.7 Å². The van der Waals surface area contributed by atoms with E-state index < -0.39 is 0 Å². The highest BCUT2D eigenvalue weighted by molar-refractivity contribution is 5.52. The summed E-state index contributed by atoms with van der Waals surface area (Å²) in [6.07, 6.45) is 11.0. The third-order valence-corrected chi connectivity index (χ3v) is 3.93. The molecule has 21 heavy (non-hydrogen) atoms. The second kappa shape index (κ2) is 6.80. The Kier molecular flexibility index (Phi) is 4.60. The van der Waals surface area contributed by atoms with Crippen LogP contribution in [-0.2, 0) is 4.74 Å². The van der Waals surface area contributed by atoms with Gasteiger partial charge in [0.1, 0.15) is 6.10 Å². The SMILES string of the molecule is C[C@@H](OC1CCCCCC1)c1nc(-c2ccncc2)no1. The zero-order valence-electron chi connectivity index (χ0n) is 12.4. The predicted molar refractivity (Wildman–Crippen MR) is 78.5 cm³/mol.